The molecule has 5 rings (SSSR count). The summed E-state index contributed by atoms with van der Waals surface area (Å²) < 4.78 is 0. The quantitative estimate of drug-likeness (QED) is 0.494. The molecular weight excluding hydrogens is 360 g/mol. The zero-order valence-corrected chi connectivity index (χ0v) is 16.3. The van der Waals surface area contributed by atoms with Gasteiger partial charge in [-0.25, -0.2) is 0 Å². The van der Waals surface area contributed by atoms with Gasteiger partial charge in [-0.2, -0.15) is 5.10 Å². The molecule has 1 aliphatic heterocycles. The van der Waals surface area contributed by atoms with E-state index in [0.717, 1.165) is 53.7 Å². The number of carbonyl (C=O) groups excluding carboxylic acids is 1. The molecule has 29 heavy (non-hydrogen) atoms. The minimum atomic E-state index is 0.173. The molecule has 0 radical (unpaired) electrons. The van der Waals surface area contributed by atoms with E-state index in [1.807, 2.05) is 48.5 Å². The van der Waals surface area contributed by atoms with E-state index in [1.54, 1.807) is 6.20 Å². The van der Waals surface area contributed by atoms with Gasteiger partial charge >= 0.3 is 0 Å². The molecule has 0 saturated carbocycles. The molecular formula is C24H24N4O. The molecule has 0 unspecified atom stereocenters. The van der Waals surface area contributed by atoms with Crippen LogP contribution in [-0.2, 0) is 0 Å². The lowest BCUT2D eigenvalue weighted by Crippen LogP contribution is -2.38. The summed E-state index contributed by atoms with van der Waals surface area (Å²) in [5.74, 6) is 0.585. The lowest BCUT2D eigenvalue weighted by Gasteiger charge is -2.31. The fourth-order valence-electron chi connectivity index (χ4n) is 4.48. The van der Waals surface area contributed by atoms with Gasteiger partial charge in [0.2, 0.25) is 0 Å². The smallest absolute Gasteiger partial charge is 0.179 e. The highest BCUT2D eigenvalue weighted by atomic mass is 16.1. The van der Waals surface area contributed by atoms with E-state index in [2.05, 4.69) is 32.2 Å². The number of nitrogens with zero attached hydrogens (tertiary/aromatic N) is 2. The molecule has 1 saturated heterocycles. The number of hydrogen-bond donors (Lipinski definition) is 2. The zero-order valence-electron chi connectivity index (χ0n) is 16.3. The second-order valence-corrected chi connectivity index (χ2v) is 7.80. The van der Waals surface area contributed by atoms with Crippen molar-refractivity contribution in [3.05, 3.63) is 78.1 Å². The molecule has 1 fully saturated rings. The average Bonchev–Trinajstić information content (AvgIpc) is 3.43. The zero-order chi connectivity index (χ0) is 19.6. The number of carbonyl (C=O) groups is 1. The number of likely N-dealkylation sites (tertiary alicyclic amines) is 1. The Balaban J connectivity index is 1.45. The van der Waals surface area contributed by atoms with Crippen LogP contribution in [0.1, 0.15) is 34.8 Å². The molecule has 2 N–H and O–H groups in total. The first-order chi connectivity index (χ1) is 14.3. The number of hydrogen-bond acceptors (Lipinski definition) is 3. The van der Waals surface area contributed by atoms with Crippen LogP contribution in [-0.4, -0.2) is 45.5 Å². The topological polar surface area (TPSA) is 64.8 Å². The first-order valence-electron chi connectivity index (χ1n) is 10.2. The summed E-state index contributed by atoms with van der Waals surface area (Å²) in [5, 5.41) is 8.18. The van der Waals surface area contributed by atoms with Gasteiger partial charge in [0.05, 0.1) is 17.8 Å². The van der Waals surface area contributed by atoms with Gasteiger partial charge in [0.1, 0.15) is 0 Å². The second kappa shape index (κ2) is 7.68. The molecule has 0 bridgehead atoms. The highest BCUT2D eigenvalue weighted by Gasteiger charge is 2.26. The van der Waals surface area contributed by atoms with Gasteiger partial charge in [0.15, 0.2) is 5.78 Å². The Bertz CT molecular complexity index is 1110. The van der Waals surface area contributed by atoms with Crippen LogP contribution in [0.3, 0.4) is 0 Å². The Kier molecular flexibility index (Phi) is 4.74. The lowest BCUT2D eigenvalue weighted by atomic mass is 9.94. The maximum Gasteiger partial charge on any atom is 0.179 e. The van der Waals surface area contributed by atoms with Crippen LogP contribution < -0.4 is 0 Å². The predicted octanol–water partition coefficient (Wildman–Crippen LogP) is 4.62. The Labute approximate surface area is 169 Å². The number of rotatable bonds is 5. The van der Waals surface area contributed by atoms with Gasteiger partial charge in [-0.3, -0.25) is 14.8 Å². The van der Waals surface area contributed by atoms with Gasteiger partial charge in [-0.1, -0.05) is 48.5 Å². The van der Waals surface area contributed by atoms with Crippen LogP contribution in [0.15, 0.2) is 66.9 Å². The third-order valence-corrected chi connectivity index (χ3v) is 5.88. The van der Waals surface area contributed by atoms with Crippen molar-refractivity contribution in [2.24, 2.45) is 0 Å². The summed E-state index contributed by atoms with van der Waals surface area (Å²) in [4.78, 5) is 19.3. The summed E-state index contributed by atoms with van der Waals surface area (Å²) >= 11 is 0. The third kappa shape index (κ3) is 3.49. The number of ketones is 1. The van der Waals surface area contributed by atoms with E-state index in [4.69, 9.17) is 0 Å². The standard InChI is InChI=1S/C24H24N4O/c29-22(16-28-14-6-9-18(15-28)20-12-13-25-27-20)23-19-10-4-5-11-21(19)26-24(23)17-7-2-1-3-8-17/h1-5,7-8,10-13,18,26H,6,9,14-16H2,(H,25,27)/t18-/m0/s1. The predicted molar refractivity (Wildman–Crippen MR) is 115 cm³/mol. The van der Waals surface area contributed by atoms with E-state index in [9.17, 15) is 4.79 Å². The summed E-state index contributed by atoms with van der Waals surface area (Å²) in [7, 11) is 0. The Morgan fingerprint density at radius 3 is 2.72 bits per heavy atom. The maximum absolute atomic E-state index is 13.5. The number of piperidine rings is 1. The lowest BCUT2D eigenvalue weighted by molar-refractivity contribution is 0.0908. The van der Waals surface area contributed by atoms with Crippen LogP contribution in [0.25, 0.3) is 22.2 Å². The monoisotopic (exact) mass is 384 g/mol. The molecule has 2 aromatic heterocycles. The van der Waals surface area contributed by atoms with E-state index >= 15 is 0 Å². The fourth-order valence-corrected chi connectivity index (χ4v) is 4.48. The summed E-state index contributed by atoms with van der Waals surface area (Å²) in [6.45, 7) is 2.28. The van der Waals surface area contributed by atoms with E-state index in [-0.39, 0.29) is 5.78 Å². The molecule has 4 aromatic rings. The number of nitrogens with one attached hydrogen (secondary N) is 2. The summed E-state index contributed by atoms with van der Waals surface area (Å²) in [6, 6.07) is 20.2. The molecule has 5 heteroatoms. The molecule has 3 heterocycles. The van der Waals surface area contributed by atoms with Gasteiger partial charge in [-0.15, -0.1) is 0 Å². The Morgan fingerprint density at radius 2 is 1.90 bits per heavy atom. The second-order valence-electron chi connectivity index (χ2n) is 7.80. The van der Waals surface area contributed by atoms with Gasteiger partial charge < -0.3 is 4.98 Å². The molecule has 0 spiro atoms. The molecule has 1 atom stereocenters. The molecule has 2 aromatic carbocycles. The number of fused-ring (bicyclic) bond motifs is 1. The third-order valence-electron chi connectivity index (χ3n) is 5.88. The van der Waals surface area contributed by atoms with Crippen LogP contribution in [0.5, 0.6) is 0 Å². The molecule has 5 nitrogen and oxygen atoms in total. The number of aromatic nitrogens is 3. The van der Waals surface area contributed by atoms with Gasteiger partial charge in [0.25, 0.3) is 0 Å². The van der Waals surface area contributed by atoms with Crippen molar-refractivity contribution in [3.63, 3.8) is 0 Å². The van der Waals surface area contributed by atoms with Crippen LogP contribution in [0, 0.1) is 0 Å². The molecule has 0 amide bonds. The number of benzene rings is 2. The van der Waals surface area contributed by atoms with Crippen molar-refractivity contribution < 1.29 is 4.79 Å². The van der Waals surface area contributed by atoms with Crippen LogP contribution in [0.4, 0.5) is 0 Å². The highest BCUT2D eigenvalue weighted by Crippen LogP contribution is 2.32. The van der Waals surface area contributed by atoms with E-state index < -0.39 is 0 Å². The van der Waals surface area contributed by atoms with Crippen molar-refractivity contribution in [2.45, 2.75) is 18.8 Å². The summed E-state index contributed by atoms with van der Waals surface area (Å²) in [5.41, 5.74) is 4.93. The number of para-hydroxylation sites is 1. The first-order valence-corrected chi connectivity index (χ1v) is 10.2. The van der Waals surface area contributed by atoms with Crippen LogP contribution in [0.2, 0.25) is 0 Å². The Morgan fingerprint density at radius 1 is 1.07 bits per heavy atom. The van der Waals surface area contributed by atoms with E-state index in [1.165, 1.54) is 5.69 Å². The van der Waals surface area contributed by atoms with Gasteiger partial charge in [-0.05, 0) is 37.1 Å². The minimum Gasteiger partial charge on any atom is -0.354 e. The van der Waals surface area contributed by atoms with Crippen molar-refractivity contribution in [3.8, 4) is 11.3 Å². The SMILES string of the molecule is O=C(CN1CCC[C@H](c2ccn[nH]2)C1)c1c(-c2ccccc2)[nH]c2ccccc12. The van der Waals surface area contributed by atoms with E-state index in [0.29, 0.717) is 12.5 Å². The number of H-pyrrole nitrogens is 2. The van der Waals surface area contributed by atoms with Crippen molar-refractivity contribution in [1.29, 1.82) is 0 Å². The molecule has 1 aliphatic rings. The summed E-state index contributed by atoms with van der Waals surface area (Å²) in [6.07, 6.45) is 4.03. The minimum absolute atomic E-state index is 0.173. The number of aromatic amines is 2. The average molecular weight is 384 g/mol. The Hall–Kier alpha value is -3.18. The molecule has 0 aliphatic carbocycles. The maximum atomic E-state index is 13.5. The van der Waals surface area contributed by atoms with Crippen molar-refractivity contribution in [1.82, 2.24) is 20.1 Å². The molecule has 146 valence electrons. The normalized spacial score (nSPS) is 17.6. The first kappa shape index (κ1) is 17.9. The number of Topliss-reactive ketones (excluding diaryl/α,β-unsaturated/α-hetero) is 1. The largest absolute Gasteiger partial charge is 0.354 e. The fraction of sp³-hybridized carbons (Fsp3) is 0.250. The van der Waals surface area contributed by atoms with Crippen LogP contribution >= 0.6 is 0 Å². The van der Waals surface area contributed by atoms with Gasteiger partial charge in [0, 0.05) is 35.3 Å². The highest BCUT2D eigenvalue weighted by molar-refractivity contribution is 6.14. The van der Waals surface area contributed by atoms with Crippen molar-refractivity contribution >= 4 is 16.7 Å². The van der Waals surface area contributed by atoms with Crippen molar-refractivity contribution in [2.75, 3.05) is 19.6 Å².